The van der Waals surface area contributed by atoms with Gasteiger partial charge in [-0.2, -0.15) is 17.9 Å². The number of alkyl halides is 4. The molecule has 4 rings (SSSR count). The van der Waals surface area contributed by atoms with Crippen LogP contribution in [0.15, 0.2) is 48.5 Å². The fourth-order valence-corrected chi connectivity index (χ4v) is 4.02. The Balaban J connectivity index is 1.59. The Bertz CT molecular complexity index is 1040. The van der Waals surface area contributed by atoms with Gasteiger partial charge in [-0.05, 0) is 53.6 Å². The molecular formula is C22H24F4N6O. The highest BCUT2D eigenvalue weighted by atomic mass is 19.4. The molecular weight excluding hydrogens is 440 g/mol. The van der Waals surface area contributed by atoms with Gasteiger partial charge in [0.2, 0.25) is 0 Å². The highest BCUT2D eigenvalue weighted by molar-refractivity contribution is 5.44. The summed E-state index contributed by atoms with van der Waals surface area (Å²) in [6.45, 7) is 0.386. The number of tetrazole rings is 1. The molecule has 0 amide bonds. The van der Waals surface area contributed by atoms with Crippen molar-refractivity contribution in [2.24, 2.45) is 0 Å². The third-order valence-electron chi connectivity index (χ3n) is 5.52. The number of benzene rings is 2. The normalized spacial score (nSPS) is 18.9. The van der Waals surface area contributed by atoms with E-state index in [1.165, 1.54) is 18.2 Å². The lowest BCUT2D eigenvalue weighted by Gasteiger charge is -2.34. The Morgan fingerprint density at radius 3 is 2.73 bits per heavy atom. The van der Waals surface area contributed by atoms with Gasteiger partial charge in [-0.15, -0.1) is 5.10 Å². The summed E-state index contributed by atoms with van der Waals surface area (Å²) in [6, 6.07) is 14.7. The molecule has 3 aromatic rings. The van der Waals surface area contributed by atoms with E-state index in [2.05, 4.69) is 38.3 Å². The first kappa shape index (κ1) is 23.1. The Labute approximate surface area is 188 Å². The molecule has 2 heterocycles. The second kappa shape index (κ2) is 10.3. The van der Waals surface area contributed by atoms with Gasteiger partial charge < -0.3 is 15.4 Å². The minimum atomic E-state index is -4.71. The average Bonchev–Trinajstić information content (AvgIpc) is 3.33. The lowest BCUT2D eigenvalue weighted by molar-refractivity contribution is -0.146. The minimum Gasteiger partial charge on any atom is -0.491 e. The van der Waals surface area contributed by atoms with Crippen LogP contribution in [0.3, 0.4) is 0 Å². The predicted molar refractivity (Wildman–Crippen MR) is 113 cm³/mol. The van der Waals surface area contributed by atoms with Gasteiger partial charge in [0.05, 0.1) is 5.69 Å². The number of rotatable bonds is 8. The summed E-state index contributed by atoms with van der Waals surface area (Å²) in [5.41, 5.74) is 1.88. The molecule has 33 heavy (non-hydrogen) atoms. The molecule has 0 bridgehead atoms. The molecule has 1 aliphatic heterocycles. The molecule has 1 aromatic heterocycles. The van der Waals surface area contributed by atoms with E-state index < -0.39 is 18.7 Å². The monoisotopic (exact) mass is 464 g/mol. The van der Waals surface area contributed by atoms with E-state index >= 15 is 0 Å². The molecule has 11 heteroatoms. The first-order chi connectivity index (χ1) is 16.0. The Hall–Kier alpha value is -3.05. The highest BCUT2D eigenvalue weighted by Gasteiger charge is 2.38. The van der Waals surface area contributed by atoms with Gasteiger partial charge in [0.15, 0.2) is 0 Å². The van der Waals surface area contributed by atoms with Crippen molar-refractivity contribution in [1.82, 2.24) is 30.8 Å². The summed E-state index contributed by atoms with van der Waals surface area (Å²) in [5, 5.41) is 16.8. The van der Waals surface area contributed by atoms with Gasteiger partial charge in [-0.3, -0.25) is 0 Å². The topological polar surface area (TPSA) is 76.9 Å². The third-order valence-corrected chi connectivity index (χ3v) is 5.52. The zero-order chi connectivity index (χ0) is 23.3. The first-order valence-corrected chi connectivity index (χ1v) is 10.7. The van der Waals surface area contributed by atoms with Crippen LogP contribution in [-0.4, -0.2) is 46.1 Å². The lowest BCUT2D eigenvalue weighted by Crippen LogP contribution is -2.45. The molecule has 2 unspecified atom stereocenters. The van der Waals surface area contributed by atoms with E-state index in [-0.39, 0.29) is 24.4 Å². The molecule has 1 aliphatic rings. The van der Waals surface area contributed by atoms with E-state index in [4.69, 9.17) is 4.74 Å². The zero-order valence-corrected chi connectivity index (χ0v) is 17.7. The highest BCUT2D eigenvalue weighted by Crippen LogP contribution is 2.30. The molecule has 2 atom stereocenters. The predicted octanol–water partition coefficient (Wildman–Crippen LogP) is 3.61. The maximum atomic E-state index is 13.3. The van der Waals surface area contributed by atoms with Crippen LogP contribution in [0, 0.1) is 0 Å². The van der Waals surface area contributed by atoms with E-state index in [1.54, 1.807) is 0 Å². The molecule has 7 nitrogen and oxygen atoms in total. The van der Waals surface area contributed by atoms with Crippen LogP contribution < -0.4 is 15.4 Å². The fourth-order valence-electron chi connectivity index (χ4n) is 4.02. The molecule has 1 saturated heterocycles. The summed E-state index contributed by atoms with van der Waals surface area (Å²) in [5.74, 6) is -0.829. The van der Waals surface area contributed by atoms with Gasteiger partial charge in [-0.1, -0.05) is 30.3 Å². The van der Waals surface area contributed by atoms with E-state index in [1.807, 2.05) is 18.2 Å². The number of hydrogen-bond acceptors (Lipinski definition) is 6. The van der Waals surface area contributed by atoms with Crippen molar-refractivity contribution in [2.45, 2.75) is 37.6 Å². The van der Waals surface area contributed by atoms with Gasteiger partial charge in [0, 0.05) is 24.2 Å². The van der Waals surface area contributed by atoms with E-state index in [9.17, 15) is 17.6 Å². The molecule has 0 aliphatic carbocycles. The fraction of sp³-hybridized carbons (Fsp3) is 0.409. The van der Waals surface area contributed by atoms with Crippen molar-refractivity contribution < 1.29 is 22.3 Å². The van der Waals surface area contributed by atoms with Crippen LogP contribution in [0.4, 0.5) is 17.6 Å². The summed E-state index contributed by atoms with van der Waals surface area (Å²) in [4.78, 5) is 0. The number of nitrogens with one attached hydrogen (secondary N) is 2. The van der Waals surface area contributed by atoms with Crippen LogP contribution >= 0.6 is 0 Å². The first-order valence-electron chi connectivity index (χ1n) is 10.7. The van der Waals surface area contributed by atoms with E-state index in [0.29, 0.717) is 22.5 Å². The van der Waals surface area contributed by atoms with Crippen LogP contribution in [0.1, 0.15) is 35.8 Å². The minimum absolute atomic E-state index is 0.0923. The Morgan fingerprint density at radius 1 is 1.15 bits per heavy atom. The van der Waals surface area contributed by atoms with Crippen LogP contribution in [0.2, 0.25) is 0 Å². The SMILES string of the molecule is FCCOc1ccc(-n2nnnc2C(F)(F)F)cc1CNC1CCCNC1c1ccccc1. The van der Waals surface area contributed by atoms with Gasteiger partial charge >= 0.3 is 6.18 Å². The van der Waals surface area contributed by atoms with Crippen molar-refractivity contribution in [3.8, 4) is 11.4 Å². The number of halogens is 4. The summed E-state index contributed by atoms with van der Waals surface area (Å²) < 4.78 is 58.6. The number of piperidine rings is 1. The molecule has 2 aromatic carbocycles. The average molecular weight is 464 g/mol. The van der Waals surface area contributed by atoms with Crippen molar-refractivity contribution in [2.75, 3.05) is 19.8 Å². The van der Waals surface area contributed by atoms with Crippen molar-refractivity contribution in [3.05, 3.63) is 65.5 Å². The molecule has 176 valence electrons. The van der Waals surface area contributed by atoms with Crippen LogP contribution in [0.5, 0.6) is 5.75 Å². The number of ether oxygens (including phenoxy) is 1. The van der Waals surface area contributed by atoms with Crippen molar-refractivity contribution in [1.29, 1.82) is 0 Å². The van der Waals surface area contributed by atoms with Gasteiger partial charge in [-0.25, -0.2) is 4.39 Å². The van der Waals surface area contributed by atoms with Crippen molar-refractivity contribution in [3.63, 3.8) is 0 Å². The second-order valence-corrected chi connectivity index (χ2v) is 7.71. The largest absolute Gasteiger partial charge is 0.491 e. The third kappa shape index (κ3) is 5.48. The van der Waals surface area contributed by atoms with Gasteiger partial charge in [0.25, 0.3) is 5.82 Å². The molecule has 2 N–H and O–H groups in total. The smallest absolute Gasteiger partial charge is 0.453 e. The second-order valence-electron chi connectivity index (χ2n) is 7.71. The molecule has 0 saturated carbocycles. The standard InChI is InChI=1S/C22H24F4N6O/c23-10-12-33-19-9-8-17(32-21(22(24,25)26)29-30-31-32)13-16(19)14-28-18-7-4-11-27-20(18)15-5-2-1-3-6-15/h1-3,5-6,8-9,13,18,20,27-28H,4,7,10-12,14H2. The molecule has 1 fully saturated rings. The maximum Gasteiger partial charge on any atom is 0.453 e. The summed E-state index contributed by atoms with van der Waals surface area (Å²) in [6.07, 6.45) is -2.79. The summed E-state index contributed by atoms with van der Waals surface area (Å²) >= 11 is 0. The number of aromatic nitrogens is 4. The van der Waals surface area contributed by atoms with Crippen LogP contribution in [-0.2, 0) is 12.7 Å². The number of hydrogen-bond donors (Lipinski definition) is 2. The van der Waals surface area contributed by atoms with Gasteiger partial charge in [0.1, 0.15) is 19.0 Å². The van der Waals surface area contributed by atoms with E-state index in [0.717, 1.165) is 24.9 Å². The molecule has 0 spiro atoms. The lowest BCUT2D eigenvalue weighted by atomic mass is 9.92. The maximum absolute atomic E-state index is 13.3. The van der Waals surface area contributed by atoms with Crippen molar-refractivity contribution >= 4 is 0 Å². The Kier molecular flexibility index (Phi) is 7.19. The number of nitrogens with zero attached hydrogens (tertiary/aromatic N) is 4. The van der Waals surface area contributed by atoms with Crippen LogP contribution in [0.25, 0.3) is 5.69 Å². The molecule has 0 radical (unpaired) electrons. The zero-order valence-electron chi connectivity index (χ0n) is 17.7. The Morgan fingerprint density at radius 2 is 1.97 bits per heavy atom. The quantitative estimate of drug-likeness (QED) is 0.496. The summed E-state index contributed by atoms with van der Waals surface area (Å²) in [7, 11) is 0.